The van der Waals surface area contributed by atoms with Crippen LogP contribution < -0.4 is 5.43 Å². The van der Waals surface area contributed by atoms with Crippen molar-refractivity contribution in [2.45, 2.75) is 44.9 Å². The highest BCUT2D eigenvalue weighted by atomic mass is 17.2. The molecule has 1 unspecified atom stereocenters. The van der Waals surface area contributed by atoms with Gasteiger partial charge < -0.3 is 14.3 Å². The Hall–Kier alpha value is -0.595. The Labute approximate surface area is 115 Å². The number of nitrogens with zero attached hydrogens (tertiary/aromatic N) is 1. The van der Waals surface area contributed by atoms with Crippen molar-refractivity contribution in [2.75, 3.05) is 20.8 Å². The summed E-state index contributed by atoms with van der Waals surface area (Å²) >= 11 is 0. The van der Waals surface area contributed by atoms with Gasteiger partial charge in [0.25, 0.3) is 0 Å². The predicted octanol–water partition coefficient (Wildman–Crippen LogP) is 0.898. The van der Waals surface area contributed by atoms with Gasteiger partial charge in [0.05, 0.1) is 30.0 Å². The summed E-state index contributed by atoms with van der Waals surface area (Å²) in [5.41, 5.74) is 3.54. The Morgan fingerprint density at radius 1 is 1.32 bits per heavy atom. The standard InChI is InChI=1S/C12H23BN2O4/c1-11(2)12(3,4)19-13(18-11)10-7-9(8-17-16-6)14-15(10)5/h7,9,14H,8H2,1-6H3. The summed E-state index contributed by atoms with van der Waals surface area (Å²) < 4.78 is 12.1. The minimum Gasteiger partial charge on any atom is -0.398 e. The second kappa shape index (κ2) is 5.07. The average molecular weight is 270 g/mol. The first-order valence-electron chi connectivity index (χ1n) is 6.50. The Morgan fingerprint density at radius 2 is 1.89 bits per heavy atom. The molecule has 1 N–H and O–H groups in total. The number of hydrogen-bond acceptors (Lipinski definition) is 6. The third kappa shape index (κ3) is 2.80. The highest BCUT2D eigenvalue weighted by molar-refractivity contribution is 6.54. The van der Waals surface area contributed by atoms with E-state index < -0.39 is 0 Å². The molecule has 1 atom stereocenters. The molecular formula is C12H23BN2O4. The molecular weight excluding hydrogens is 247 g/mol. The third-order valence-electron chi connectivity index (χ3n) is 3.98. The van der Waals surface area contributed by atoms with E-state index in [1.54, 1.807) is 0 Å². The lowest BCUT2D eigenvalue weighted by atomic mass is 9.83. The first-order chi connectivity index (χ1) is 8.77. The van der Waals surface area contributed by atoms with Gasteiger partial charge >= 0.3 is 7.12 Å². The molecule has 0 aromatic rings. The monoisotopic (exact) mass is 270 g/mol. The molecule has 2 heterocycles. The van der Waals surface area contributed by atoms with Gasteiger partial charge in [0, 0.05) is 7.05 Å². The van der Waals surface area contributed by atoms with Crippen molar-refractivity contribution in [1.29, 1.82) is 0 Å². The maximum atomic E-state index is 6.03. The SMILES string of the molecule is COOCC1C=C(B2OC(C)(C)C(C)(C)O2)N(C)N1. The van der Waals surface area contributed by atoms with Crippen LogP contribution in [0.4, 0.5) is 0 Å². The van der Waals surface area contributed by atoms with Crippen LogP contribution >= 0.6 is 0 Å². The highest BCUT2D eigenvalue weighted by Gasteiger charge is 2.54. The summed E-state index contributed by atoms with van der Waals surface area (Å²) in [6.07, 6.45) is 2.04. The smallest absolute Gasteiger partial charge is 0.398 e. The third-order valence-corrected chi connectivity index (χ3v) is 3.98. The van der Waals surface area contributed by atoms with E-state index in [9.17, 15) is 0 Å². The quantitative estimate of drug-likeness (QED) is 0.465. The molecule has 2 aliphatic heterocycles. The molecule has 2 rings (SSSR count). The largest absolute Gasteiger partial charge is 0.513 e. The summed E-state index contributed by atoms with van der Waals surface area (Å²) in [6, 6.07) is 0.0546. The van der Waals surface area contributed by atoms with Crippen molar-refractivity contribution in [1.82, 2.24) is 10.4 Å². The molecule has 7 heteroatoms. The van der Waals surface area contributed by atoms with Crippen molar-refractivity contribution in [3.8, 4) is 0 Å². The van der Waals surface area contributed by atoms with Gasteiger partial charge in [-0.3, -0.25) is 0 Å². The summed E-state index contributed by atoms with van der Waals surface area (Å²) in [6.45, 7) is 8.61. The van der Waals surface area contributed by atoms with Crippen LogP contribution in [0.1, 0.15) is 27.7 Å². The van der Waals surface area contributed by atoms with E-state index in [2.05, 4.69) is 10.3 Å². The van der Waals surface area contributed by atoms with Gasteiger partial charge in [-0.2, -0.15) is 0 Å². The van der Waals surface area contributed by atoms with Crippen LogP contribution in [0.3, 0.4) is 0 Å². The zero-order chi connectivity index (χ0) is 14.3. The van der Waals surface area contributed by atoms with E-state index in [1.807, 2.05) is 45.8 Å². The van der Waals surface area contributed by atoms with Crippen LogP contribution in [0.25, 0.3) is 0 Å². The summed E-state index contributed by atoms with van der Waals surface area (Å²) in [5, 5.41) is 1.91. The fraction of sp³-hybridized carbons (Fsp3) is 0.833. The van der Waals surface area contributed by atoms with E-state index in [0.717, 1.165) is 5.60 Å². The minimum atomic E-state index is -0.366. The molecule has 0 radical (unpaired) electrons. The highest BCUT2D eigenvalue weighted by Crippen LogP contribution is 2.39. The van der Waals surface area contributed by atoms with Crippen LogP contribution in [0, 0.1) is 0 Å². The molecule has 0 amide bonds. The molecule has 0 spiro atoms. The first kappa shape index (κ1) is 14.8. The van der Waals surface area contributed by atoms with Crippen molar-refractivity contribution in [2.24, 2.45) is 0 Å². The van der Waals surface area contributed by atoms with E-state index >= 15 is 0 Å². The van der Waals surface area contributed by atoms with Crippen LogP contribution in [0.2, 0.25) is 0 Å². The summed E-state index contributed by atoms with van der Waals surface area (Å²) in [5.74, 6) is 0. The van der Waals surface area contributed by atoms with Crippen LogP contribution in [-0.2, 0) is 19.1 Å². The van der Waals surface area contributed by atoms with Crippen molar-refractivity contribution in [3.63, 3.8) is 0 Å². The molecule has 0 aromatic carbocycles. The van der Waals surface area contributed by atoms with Crippen molar-refractivity contribution >= 4 is 7.12 Å². The number of hydrazine groups is 1. The van der Waals surface area contributed by atoms with E-state index in [-0.39, 0.29) is 24.4 Å². The molecule has 19 heavy (non-hydrogen) atoms. The van der Waals surface area contributed by atoms with Crippen LogP contribution in [-0.4, -0.2) is 50.1 Å². The van der Waals surface area contributed by atoms with Gasteiger partial charge in [-0.1, -0.05) is 0 Å². The van der Waals surface area contributed by atoms with Gasteiger partial charge in [-0.15, -0.1) is 0 Å². The molecule has 0 aromatic heterocycles. The molecule has 6 nitrogen and oxygen atoms in total. The normalized spacial score (nSPS) is 28.9. The van der Waals surface area contributed by atoms with Gasteiger partial charge in [0.1, 0.15) is 6.61 Å². The molecule has 1 fully saturated rings. The van der Waals surface area contributed by atoms with Gasteiger partial charge in [0.2, 0.25) is 0 Å². The molecule has 108 valence electrons. The number of nitrogens with one attached hydrogen (secondary N) is 1. The van der Waals surface area contributed by atoms with Gasteiger partial charge in [0.15, 0.2) is 0 Å². The van der Waals surface area contributed by atoms with E-state index in [1.165, 1.54) is 7.11 Å². The van der Waals surface area contributed by atoms with Crippen LogP contribution in [0.15, 0.2) is 11.7 Å². The Kier molecular flexibility index (Phi) is 3.95. The molecule has 0 bridgehead atoms. The second-order valence-corrected chi connectivity index (χ2v) is 5.93. The van der Waals surface area contributed by atoms with Crippen molar-refractivity contribution in [3.05, 3.63) is 11.7 Å². The number of hydrogen-bond donors (Lipinski definition) is 1. The fourth-order valence-corrected chi connectivity index (χ4v) is 2.11. The lowest BCUT2D eigenvalue weighted by Crippen LogP contribution is -2.41. The maximum Gasteiger partial charge on any atom is 0.513 e. The number of rotatable bonds is 4. The Bertz CT molecular complexity index is 357. The van der Waals surface area contributed by atoms with Gasteiger partial charge in [-0.05, 0) is 33.8 Å². The zero-order valence-corrected chi connectivity index (χ0v) is 12.5. The maximum absolute atomic E-state index is 6.03. The molecule has 1 saturated heterocycles. The van der Waals surface area contributed by atoms with Gasteiger partial charge in [-0.25, -0.2) is 15.2 Å². The topological polar surface area (TPSA) is 52.2 Å². The lowest BCUT2D eigenvalue weighted by molar-refractivity contribution is -0.274. The summed E-state index contributed by atoms with van der Waals surface area (Å²) in [7, 11) is 3.07. The molecule has 0 aliphatic carbocycles. The average Bonchev–Trinajstić information content (AvgIpc) is 2.75. The summed E-state index contributed by atoms with van der Waals surface area (Å²) in [4.78, 5) is 9.56. The molecule has 2 aliphatic rings. The first-order valence-corrected chi connectivity index (χ1v) is 6.50. The van der Waals surface area contributed by atoms with Crippen molar-refractivity contribution < 1.29 is 19.1 Å². The fourth-order valence-electron chi connectivity index (χ4n) is 2.11. The zero-order valence-electron chi connectivity index (χ0n) is 12.5. The second-order valence-electron chi connectivity index (χ2n) is 5.93. The van der Waals surface area contributed by atoms with E-state index in [0.29, 0.717) is 6.61 Å². The molecule has 0 saturated carbocycles. The lowest BCUT2D eigenvalue weighted by Gasteiger charge is -2.32. The Balaban J connectivity index is 2.06. The Morgan fingerprint density at radius 3 is 2.42 bits per heavy atom. The van der Waals surface area contributed by atoms with E-state index in [4.69, 9.17) is 14.2 Å². The van der Waals surface area contributed by atoms with Crippen LogP contribution in [0.5, 0.6) is 0 Å². The predicted molar refractivity (Wildman–Crippen MR) is 71.8 cm³/mol. The minimum absolute atomic E-state index is 0.0546.